The van der Waals surface area contributed by atoms with Gasteiger partial charge in [-0.2, -0.15) is 0 Å². The molecule has 17 heavy (non-hydrogen) atoms. The molecule has 0 aromatic heterocycles. The van der Waals surface area contributed by atoms with Crippen LogP contribution in [0.2, 0.25) is 0 Å². The summed E-state index contributed by atoms with van der Waals surface area (Å²) in [5.41, 5.74) is 0.438. The molecule has 1 rings (SSSR count). The normalized spacial score (nSPS) is 20.4. The maximum atomic E-state index is 12.0. The summed E-state index contributed by atoms with van der Waals surface area (Å²) in [6.07, 6.45) is 2.33. The molecule has 0 aromatic rings. The van der Waals surface area contributed by atoms with Gasteiger partial charge in [0.15, 0.2) is 0 Å². The molecule has 1 aliphatic rings. The lowest BCUT2D eigenvalue weighted by atomic mass is 9.63. The summed E-state index contributed by atoms with van der Waals surface area (Å²) in [5.74, 6) is 1.88. The van der Waals surface area contributed by atoms with Gasteiger partial charge in [0.1, 0.15) is 0 Å². The van der Waals surface area contributed by atoms with E-state index in [0.29, 0.717) is 23.2 Å². The van der Waals surface area contributed by atoms with Gasteiger partial charge in [0.2, 0.25) is 5.91 Å². The maximum absolute atomic E-state index is 12.0. The first-order chi connectivity index (χ1) is 7.81. The fraction of sp³-hybridized carbons (Fsp3) is 0.933. The molecule has 1 aliphatic heterocycles. The third-order valence-electron chi connectivity index (χ3n) is 4.80. The Bertz CT molecular complexity index is 250. The Balaban J connectivity index is 2.68. The van der Waals surface area contributed by atoms with Crippen LogP contribution >= 0.6 is 0 Å². The monoisotopic (exact) mass is 239 g/mol. The highest BCUT2D eigenvalue weighted by molar-refractivity contribution is 5.78. The van der Waals surface area contributed by atoms with Crippen LogP contribution in [0.5, 0.6) is 0 Å². The molecule has 0 aliphatic carbocycles. The Labute approximate surface area is 107 Å². The first kappa shape index (κ1) is 14.5. The SMILES string of the molecule is CC(C)C(=O)N1CCC(C(C)C)(C(C)C)CC1. The van der Waals surface area contributed by atoms with Crippen molar-refractivity contribution < 1.29 is 4.79 Å². The van der Waals surface area contributed by atoms with Gasteiger partial charge in [-0.15, -0.1) is 0 Å². The Morgan fingerprint density at radius 1 is 0.941 bits per heavy atom. The quantitative estimate of drug-likeness (QED) is 0.737. The average Bonchev–Trinajstić information content (AvgIpc) is 2.27. The minimum absolute atomic E-state index is 0.139. The molecule has 2 nitrogen and oxygen atoms in total. The highest BCUT2D eigenvalue weighted by Crippen LogP contribution is 2.45. The molecule has 1 amide bonds. The number of nitrogens with zero attached hydrogens (tertiary/aromatic N) is 1. The van der Waals surface area contributed by atoms with E-state index in [9.17, 15) is 4.79 Å². The van der Waals surface area contributed by atoms with Crippen LogP contribution in [-0.4, -0.2) is 23.9 Å². The molecule has 1 fully saturated rings. The maximum Gasteiger partial charge on any atom is 0.225 e. The number of hydrogen-bond donors (Lipinski definition) is 0. The molecule has 0 unspecified atom stereocenters. The minimum Gasteiger partial charge on any atom is -0.342 e. The number of piperidine rings is 1. The lowest BCUT2D eigenvalue weighted by molar-refractivity contribution is -0.138. The van der Waals surface area contributed by atoms with Crippen LogP contribution in [0.4, 0.5) is 0 Å². The van der Waals surface area contributed by atoms with E-state index in [4.69, 9.17) is 0 Å². The van der Waals surface area contributed by atoms with E-state index in [1.165, 1.54) is 12.8 Å². The molecule has 0 bridgehead atoms. The van der Waals surface area contributed by atoms with Gasteiger partial charge in [-0.3, -0.25) is 4.79 Å². The van der Waals surface area contributed by atoms with Crippen LogP contribution in [0.1, 0.15) is 54.4 Å². The van der Waals surface area contributed by atoms with Crippen molar-refractivity contribution in [3.63, 3.8) is 0 Å². The Kier molecular flexibility index (Phi) is 4.62. The fourth-order valence-corrected chi connectivity index (χ4v) is 3.33. The number of rotatable bonds is 3. The van der Waals surface area contributed by atoms with Crippen LogP contribution < -0.4 is 0 Å². The molecule has 2 heteroatoms. The Morgan fingerprint density at radius 3 is 1.65 bits per heavy atom. The first-order valence-electron chi connectivity index (χ1n) is 7.10. The van der Waals surface area contributed by atoms with Gasteiger partial charge in [0.05, 0.1) is 0 Å². The van der Waals surface area contributed by atoms with Crippen LogP contribution in [0.15, 0.2) is 0 Å². The molecule has 0 radical (unpaired) electrons. The standard InChI is InChI=1S/C15H29NO/c1-11(2)14(17)16-9-7-15(8-10-16,12(3)4)13(5)6/h11-13H,7-10H2,1-6H3. The molecule has 0 aromatic carbocycles. The van der Waals surface area contributed by atoms with E-state index < -0.39 is 0 Å². The van der Waals surface area contributed by atoms with Gasteiger partial charge in [0, 0.05) is 19.0 Å². The summed E-state index contributed by atoms with van der Waals surface area (Å²) in [6, 6.07) is 0. The van der Waals surface area contributed by atoms with Gasteiger partial charge in [-0.05, 0) is 30.1 Å². The van der Waals surface area contributed by atoms with Crippen molar-refractivity contribution >= 4 is 5.91 Å². The topological polar surface area (TPSA) is 20.3 Å². The van der Waals surface area contributed by atoms with Gasteiger partial charge >= 0.3 is 0 Å². The van der Waals surface area contributed by atoms with Crippen molar-refractivity contribution in [2.45, 2.75) is 54.4 Å². The van der Waals surface area contributed by atoms with E-state index in [0.717, 1.165) is 13.1 Å². The van der Waals surface area contributed by atoms with Crippen molar-refractivity contribution in [1.82, 2.24) is 4.90 Å². The molecule has 0 spiro atoms. The Hall–Kier alpha value is -0.530. The van der Waals surface area contributed by atoms with E-state index in [2.05, 4.69) is 32.6 Å². The Morgan fingerprint density at radius 2 is 1.35 bits per heavy atom. The van der Waals surface area contributed by atoms with Gasteiger partial charge in [-0.1, -0.05) is 41.5 Å². The zero-order valence-corrected chi connectivity index (χ0v) is 12.4. The second-order valence-electron chi connectivity index (χ2n) is 6.52. The van der Waals surface area contributed by atoms with Crippen molar-refractivity contribution in [2.24, 2.45) is 23.2 Å². The van der Waals surface area contributed by atoms with Crippen molar-refractivity contribution in [2.75, 3.05) is 13.1 Å². The zero-order valence-electron chi connectivity index (χ0n) is 12.4. The fourth-order valence-electron chi connectivity index (χ4n) is 3.33. The van der Waals surface area contributed by atoms with Gasteiger partial charge in [0.25, 0.3) is 0 Å². The highest BCUT2D eigenvalue weighted by Gasteiger charge is 2.40. The molecule has 0 saturated carbocycles. The van der Waals surface area contributed by atoms with Gasteiger partial charge in [-0.25, -0.2) is 0 Å². The lowest BCUT2D eigenvalue weighted by Gasteiger charge is -2.48. The molecular weight excluding hydrogens is 210 g/mol. The van der Waals surface area contributed by atoms with E-state index >= 15 is 0 Å². The molecule has 100 valence electrons. The van der Waals surface area contributed by atoms with E-state index in [1.807, 2.05) is 13.8 Å². The van der Waals surface area contributed by atoms with E-state index in [1.54, 1.807) is 0 Å². The number of amides is 1. The van der Waals surface area contributed by atoms with Crippen molar-refractivity contribution in [3.8, 4) is 0 Å². The zero-order chi connectivity index (χ0) is 13.2. The molecule has 1 heterocycles. The van der Waals surface area contributed by atoms with Crippen LogP contribution in [-0.2, 0) is 4.79 Å². The largest absolute Gasteiger partial charge is 0.342 e. The predicted octanol–water partition coefficient (Wildman–Crippen LogP) is 3.56. The molecule has 1 saturated heterocycles. The number of carbonyl (C=O) groups excluding carboxylic acids is 1. The summed E-state index contributed by atoms with van der Waals surface area (Å²) >= 11 is 0. The third kappa shape index (κ3) is 2.83. The summed E-state index contributed by atoms with van der Waals surface area (Å²) in [5, 5.41) is 0. The highest BCUT2D eigenvalue weighted by atomic mass is 16.2. The van der Waals surface area contributed by atoms with Crippen LogP contribution in [0.3, 0.4) is 0 Å². The van der Waals surface area contributed by atoms with Gasteiger partial charge < -0.3 is 4.90 Å². The second kappa shape index (κ2) is 5.41. The number of likely N-dealkylation sites (tertiary alicyclic amines) is 1. The van der Waals surface area contributed by atoms with Crippen LogP contribution in [0.25, 0.3) is 0 Å². The van der Waals surface area contributed by atoms with Crippen molar-refractivity contribution in [3.05, 3.63) is 0 Å². The second-order valence-corrected chi connectivity index (χ2v) is 6.52. The third-order valence-corrected chi connectivity index (χ3v) is 4.80. The average molecular weight is 239 g/mol. The molecular formula is C15H29NO. The first-order valence-corrected chi connectivity index (χ1v) is 7.10. The minimum atomic E-state index is 0.139. The number of hydrogen-bond acceptors (Lipinski definition) is 1. The summed E-state index contributed by atoms with van der Waals surface area (Å²) in [7, 11) is 0. The van der Waals surface area contributed by atoms with Crippen molar-refractivity contribution in [1.29, 1.82) is 0 Å². The van der Waals surface area contributed by atoms with E-state index in [-0.39, 0.29) is 5.92 Å². The smallest absolute Gasteiger partial charge is 0.225 e. The molecule has 0 atom stereocenters. The summed E-state index contributed by atoms with van der Waals surface area (Å²) in [4.78, 5) is 14.0. The molecule has 0 N–H and O–H groups in total. The van der Waals surface area contributed by atoms with Crippen LogP contribution in [0, 0.1) is 23.2 Å². The lowest BCUT2D eigenvalue weighted by Crippen LogP contribution is -2.48. The summed E-state index contributed by atoms with van der Waals surface area (Å²) < 4.78 is 0. The predicted molar refractivity (Wildman–Crippen MR) is 72.8 cm³/mol. The summed E-state index contributed by atoms with van der Waals surface area (Å²) in [6.45, 7) is 15.2. The number of carbonyl (C=O) groups is 1.